The number of hydrogen-bond acceptors (Lipinski definition) is 4. The van der Waals surface area contributed by atoms with Crippen molar-refractivity contribution in [3.8, 4) is 17.2 Å². The van der Waals surface area contributed by atoms with Crippen LogP contribution >= 0.6 is 23.8 Å². The van der Waals surface area contributed by atoms with E-state index < -0.39 is 0 Å². The Bertz CT molecular complexity index is 786. The molecule has 27 heavy (non-hydrogen) atoms. The fraction of sp³-hybridized carbons (Fsp3) is 0.350. The number of benzene rings is 2. The van der Waals surface area contributed by atoms with Crippen molar-refractivity contribution in [1.29, 1.82) is 0 Å². The lowest BCUT2D eigenvalue weighted by atomic mass is 10.1. The van der Waals surface area contributed by atoms with E-state index in [0.717, 1.165) is 22.7 Å². The first-order valence-corrected chi connectivity index (χ1v) is 9.57. The van der Waals surface area contributed by atoms with Gasteiger partial charge in [-0.1, -0.05) is 17.7 Å². The number of methoxy groups -OCH3 is 1. The molecule has 0 amide bonds. The molecule has 2 N–H and O–H groups in total. The van der Waals surface area contributed by atoms with Crippen LogP contribution in [0.2, 0.25) is 5.02 Å². The molecule has 0 fully saturated rings. The molecule has 0 saturated carbocycles. The third-order valence-corrected chi connectivity index (χ3v) is 4.34. The van der Waals surface area contributed by atoms with Crippen molar-refractivity contribution in [2.24, 2.45) is 0 Å². The predicted molar refractivity (Wildman–Crippen MR) is 115 cm³/mol. The van der Waals surface area contributed by atoms with Gasteiger partial charge in [0, 0.05) is 5.69 Å². The molecular formula is C20H25ClN2O3S. The molecule has 5 nitrogen and oxygen atoms in total. The van der Waals surface area contributed by atoms with Gasteiger partial charge < -0.3 is 24.8 Å². The van der Waals surface area contributed by atoms with Crippen molar-refractivity contribution in [2.45, 2.75) is 26.8 Å². The first-order chi connectivity index (χ1) is 13.0. The maximum Gasteiger partial charge on any atom is 0.171 e. The predicted octanol–water partition coefficient (Wildman–Crippen LogP) is 5.19. The summed E-state index contributed by atoms with van der Waals surface area (Å²) in [5.74, 6) is 2.09. The standard InChI is InChI=1S/C20H25ClN2O3S/c1-5-25-18-9-7-14(11-19(18)26-6-2)13(3)22-20(27)23-15-8-10-17(24-4)16(21)12-15/h7-13H,5-6H2,1-4H3,(H2,22,23,27)/t13-/m0/s1. The van der Waals surface area contributed by atoms with Crippen LogP contribution < -0.4 is 24.8 Å². The molecule has 146 valence electrons. The second-order valence-electron chi connectivity index (χ2n) is 5.74. The Balaban J connectivity index is 2.05. The van der Waals surface area contributed by atoms with Gasteiger partial charge in [-0.2, -0.15) is 0 Å². The van der Waals surface area contributed by atoms with Crippen molar-refractivity contribution in [2.75, 3.05) is 25.6 Å². The molecule has 7 heteroatoms. The van der Waals surface area contributed by atoms with Crippen molar-refractivity contribution < 1.29 is 14.2 Å². The summed E-state index contributed by atoms with van der Waals surface area (Å²) in [6, 6.07) is 11.3. The van der Waals surface area contributed by atoms with Crippen LogP contribution in [-0.2, 0) is 0 Å². The molecule has 0 aliphatic rings. The van der Waals surface area contributed by atoms with Crippen LogP contribution in [0, 0.1) is 0 Å². The zero-order chi connectivity index (χ0) is 19.8. The Morgan fingerprint density at radius 1 is 1.04 bits per heavy atom. The fourth-order valence-electron chi connectivity index (χ4n) is 2.53. The zero-order valence-electron chi connectivity index (χ0n) is 16.0. The van der Waals surface area contributed by atoms with Gasteiger partial charge in [-0.3, -0.25) is 0 Å². The minimum absolute atomic E-state index is 0.0198. The Kier molecular flexibility index (Phi) is 8.00. The molecule has 0 aromatic heterocycles. The van der Waals surface area contributed by atoms with E-state index in [2.05, 4.69) is 10.6 Å². The quantitative estimate of drug-likeness (QED) is 0.586. The van der Waals surface area contributed by atoms with E-state index in [1.54, 1.807) is 19.2 Å². The SMILES string of the molecule is CCOc1ccc([C@H](C)NC(=S)Nc2ccc(OC)c(Cl)c2)cc1OCC. The molecule has 0 unspecified atom stereocenters. The van der Waals surface area contributed by atoms with Gasteiger partial charge in [-0.15, -0.1) is 0 Å². The van der Waals surface area contributed by atoms with Crippen LogP contribution in [0.25, 0.3) is 0 Å². The number of ether oxygens (including phenoxy) is 3. The summed E-state index contributed by atoms with van der Waals surface area (Å²) in [6.45, 7) is 7.09. The largest absolute Gasteiger partial charge is 0.495 e. The fourth-order valence-corrected chi connectivity index (χ4v) is 3.08. The monoisotopic (exact) mass is 408 g/mol. The summed E-state index contributed by atoms with van der Waals surface area (Å²) in [5, 5.41) is 7.41. The maximum atomic E-state index is 6.15. The highest BCUT2D eigenvalue weighted by molar-refractivity contribution is 7.80. The van der Waals surface area contributed by atoms with Crippen molar-refractivity contribution in [3.05, 3.63) is 47.0 Å². The van der Waals surface area contributed by atoms with Crippen LogP contribution in [-0.4, -0.2) is 25.4 Å². The van der Waals surface area contributed by atoms with Crippen molar-refractivity contribution in [1.82, 2.24) is 5.32 Å². The molecular weight excluding hydrogens is 384 g/mol. The maximum absolute atomic E-state index is 6.15. The Morgan fingerprint density at radius 3 is 2.33 bits per heavy atom. The first-order valence-electron chi connectivity index (χ1n) is 8.79. The second kappa shape index (κ2) is 10.2. The highest BCUT2D eigenvalue weighted by Crippen LogP contribution is 2.31. The normalized spacial score (nSPS) is 11.4. The number of halogens is 1. The zero-order valence-corrected chi connectivity index (χ0v) is 17.5. The topological polar surface area (TPSA) is 51.8 Å². The number of nitrogens with one attached hydrogen (secondary N) is 2. The lowest BCUT2D eigenvalue weighted by molar-refractivity contribution is 0.287. The average Bonchev–Trinajstić information content (AvgIpc) is 2.63. The number of hydrogen-bond donors (Lipinski definition) is 2. The Hall–Kier alpha value is -2.18. The van der Waals surface area contributed by atoms with Crippen molar-refractivity contribution >= 4 is 34.6 Å². The summed E-state index contributed by atoms with van der Waals surface area (Å²) in [4.78, 5) is 0. The van der Waals surface area contributed by atoms with E-state index >= 15 is 0 Å². The molecule has 0 heterocycles. The van der Waals surface area contributed by atoms with E-state index in [-0.39, 0.29) is 6.04 Å². The molecule has 1 atom stereocenters. The number of rotatable bonds is 8. The van der Waals surface area contributed by atoms with E-state index in [1.165, 1.54) is 0 Å². The average molecular weight is 409 g/mol. The van der Waals surface area contributed by atoms with Gasteiger partial charge in [0.15, 0.2) is 16.6 Å². The highest BCUT2D eigenvalue weighted by Gasteiger charge is 2.12. The van der Waals surface area contributed by atoms with Gasteiger partial charge >= 0.3 is 0 Å². The lowest BCUT2D eigenvalue weighted by Crippen LogP contribution is -2.30. The Morgan fingerprint density at radius 2 is 1.70 bits per heavy atom. The highest BCUT2D eigenvalue weighted by atomic mass is 35.5. The van der Waals surface area contributed by atoms with Crippen LogP contribution in [0.4, 0.5) is 5.69 Å². The molecule has 0 aliphatic carbocycles. The van der Waals surface area contributed by atoms with Crippen LogP contribution in [0.5, 0.6) is 17.2 Å². The molecule has 0 saturated heterocycles. The van der Waals surface area contributed by atoms with E-state index in [0.29, 0.717) is 29.1 Å². The molecule has 0 spiro atoms. The van der Waals surface area contributed by atoms with E-state index in [1.807, 2.05) is 45.0 Å². The smallest absolute Gasteiger partial charge is 0.171 e. The minimum atomic E-state index is -0.0198. The van der Waals surface area contributed by atoms with Gasteiger partial charge in [-0.25, -0.2) is 0 Å². The molecule has 0 bridgehead atoms. The third-order valence-electron chi connectivity index (χ3n) is 3.82. The number of anilines is 1. The van der Waals surface area contributed by atoms with Gasteiger partial charge in [0.25, 0.3) is 0 Å². The van der Waals surface area contributed by atoms with E-state index in [9.17, 15) is 0 Å². The van der Waals surface area contributed by atoms with Gasteiger partial charge in [0.05, 0.1) is 31.4 Å². The summed E-state index contributed by atoms with van der Waals surface area (Å²) in [6.07, 6.45) is 0. The second-order valence-corrected chi connectivity index (χ2v) is 6.56. The van der Waals surface area contributed by atoms with Gasteiger partial charge in [-0.05, 0) is 68.9 Å². The van der Waals surface area contributed by atoms with Crippen LogP contribution in [0.3, 0.4) is 0 Å². The molecule has 2 aromatic carbocycles. The molecule has 0 radical (unpaired) electrons. The van der Waals surface area contributed by atoms with Crippen LogP contribution in [0.1, 0.15) is 32.4 Å². The van der Waals surface area contributed by atoms with Crippen molar-refractivity contribution in [3.63, 3.8) is 0 Å². The van der Waals surface area contributed by atoms with E-state index in [4.69, 9.17) is 38.0 Å². The van der Waals surface area contributed by atoms with Crippen LogP contribution in [0.15, 0.2) is 36.4 Å². The lowest BCUT2D eigenvalue weighted by Gasteiger charge is -2.19. The first kappa shape index (κ1) is 21.1. The molecule has 0 aliphatic heterocycles. The summed E-state index contributed by atoms with van der Waals surface area (Å²) in [5.41, 5.74) is 1.83. The summed E-state index contributed by atoms with van der Waals surface area (Å²) < 4.78 is 16.5. The third kappa shape index (κ3) is 5.91. The van der Waals surface area contributed by atoms with Gasteiger partial charge in [0.1, 0.15) is 5.75 Å². The molecule has 2 aromatic rings. The summed E-state index contributed by atoms with van der Waals surface area (Å²) in [7, 11) is 1.58. The number of thiocarbonyl (C=S) groups is 1. The summed E-state index contributed by atoms with van der Waals surface area (Å²) >= 11 is 11.6. The minimum Gasteiger partial charge on any atom is -0.495 e. The Labute approximate surface area is 171 Å². The van der Waals surface area contributed by atoms with Gasteiger partial charge in [0.2, 0.25) is 0 Å². The molecule has 2 rings (SSSR count).